The molecule has 0 spiro atoms. The minimum Gasteiger partial charge on any atom is -0.387 e. The van der Waals surface area contributed by atoms with E-state index < -0.39 is 141 Å². The maximum absolute atomic E-state index is 12.9. The molecule has 0 aromatic rings. The van der Waals surface area contributed by atoms with Gasteiger partial charge in [0.25, 0.3) is 0 Å². The first-order valence-corrected chi connectivity index (χ1v) is 40.0. The van der Waals surface area contributed by atoms with Gasteiger partial charge in [0.05, 0.1) is 46.2 Å². The predicted molar refractivity (Wildman–Crippen MR) is 362 cm³/mol. The van der Waals surface area contributed by atoms with Crippen LogP contribution in [0.15, 0.2) is 0 Å². The zero-order chi connectivity index (χ0) is 77.3. The molecule has 3 aliphatic heterocycles. The van der Waals surface area contributed by atoms with Gasteiger partial charge in [-0.05, 0) is 83.5 Å². The van der Waals surface area contributed by atoms with Gasteiger partial charge in [-0.2, -0.15) is 0 Å². The van der Waals surface area contributed by atoms with Crippen molar-refractivity contribution in [2.75, 3.05) is 100 Å². The zero-order valence-corrected chi connectivity index (χ0v) is 62.8. The monoisotopic (exact) mass is 1570 g/mol. The molecule has 18 atom stereocenters. The third-order valence-electron chi connectivity index (χ3n) is 17.5. The van der Waals surface area contributed by atoms with Crippen molar-refractivity contribution in [3.8, 4) is 0 Å². The first-order valence-electron chi connectivity index (χ1n) is 35.6. The van der Waals surface area contributed by atoms with E-state index in [1.54, 1.807) is 0 Å². The Balaban J connectivity index is 1.34. The van der Waals surface area contributed by atoms with Gasteiger partial charge >= 0.3 is 23.5 Å². The van der Waals surface area contributed by atoms with Crippen molar-refractivity contribution in [2.24, 2.45) is 5.41 Å². The van der Waals surface area contributed by atoms with Crippen molar-refractivity contribution in [3.05, 3.63) is 0 Å². The summed E-state index contributed by atoms with van der Waals surface area (Å²) in [6, 6.07) is 0. The van der Waals surface area contributed by atoms with Crippen LogP contribution in [0.1, 0.15) is 174 Å². The number of phosphoric ester groups is 3. The third kappa shape index (κ3) is 39.3. The molecule has 0 aromatic carbocycles. The third-order valence-corrected chi connectivity index (χ3v) is 20.3. The molecular formula is C64H117N2O35P3. The number of hydrogen-bond donors (Lipinski definition) is 14. The van der Waals surface area contributed by atoms with Crippen LogP contribution in [0.4, 0.5) is 0 Å². The fourth-order valence-electron chi connectivity index (χ4n) is 11.0. The summed E-state index contributed by atoms with van der Waals surface area (Å²) in [5.41, 5.74) is -0.546. The lowest BCUT2D eigenvalue weighted by atomic mass is 9.86. The number of hydrogen-bond acceptors (Lipinski definition) is 32. The molecule has 0 bridgehead atoms. The van der Waals surface area contributed by atoms with Crippen LogP contribution in [0.3, 0.4) is 0 Å². The van der Waals surface area contributed by atoms with Crippen LogP contribution in [-0.4, -0.2) is 288 Å². The number of phosphoric acid groups is 3. The molecule has 3 rings (SSSR count). The summed E-state index contributed by atoms with van der Waals surface area (Å²) in [4.78, 5) is 105. The van der Waals surface area contributed by atoms with Crippen LogP contribution in [0, 0.1) is 5.41 Å². The lowest BCUT2D eigenvalue weighted by Crippen LogP contribution is -2.59. The van der Waals surface area contributed by atoms with Gasteiger partial charge in [0.2, 0.25) is 11.8 Å². The lowest BCUT2D eigenvalue weighted by molar-refractivity contribution is -0.300. The zero-order valence-electron chi connectivity index (χ0n) is 60.1. The molecule has 608 valence electrons. The van der Waals surface area contributed by atoms with E-state index >= 15 is 0 Å². The summed E-state index contributed by atoms with van der Waals surface area (Å²) in [5.74, 6) is -0.354. The molecule has 0 saturated carbocycles. The van der Waals surface area contributed by atoms with Crippen molar-refractivity contribution in [3.63, 3.8) is 0 Å². The van der Waals surface area contributed by atoms with Crippen molar-refractivity contribution in [1.29, 1.82) is 0 Å². The highest BCUT2D eigenvalue weighted by Gasteiger charge is 2.48. The topological polar surface area (TPSA) is 550 Å². The summed E-state index contributed by atoms with van der Waals surface area (Å²) < 4.78 is 107. The summed E-state index contributed by atoms with van der Waals surface area (Å²) >= 11 is 0. The van der Waals surface area contributed by atoms with Crippen molar-refractivity contribution in [1.82, 2.24) is 10.6 Å². The van der Waals surface area contributed by atoms with Gasteiger partial charge in [-0.15, -0.1) is 0 Å². The average Bonchev–Trinajstić information content (AvgIpc) is 0.827. The van der Waals surface area contributed by atoms with Crippen LogP contribution >= 0.6 is 23.5 Å². The SMILES string of the molecule is COP(=O)(O)OCC1OC(OCCCCC(=O)CCCCCC(=O)CCOCC(C)(CCCCC(=O)NCCCNC(=O)CCCCOC2OC(COP(=O)(O)OC)C(O)C(O)C2O)COCCC(=O)CCCCCC(=O)CCCCOC2OC(COP(=O)(O)OC)C(O)C(O)C2O)C(O)C(O)C1O. The number of aliphatic hydroxyl groups excluding tert-OH is 9. The normalized spacial score (nSPS) is 27.4. The van der Waals surface area contributed by atoms with E-state index in [2.05, 4.69) is 24.2 Å². The van der Waals surface area contributed by atoms with E-state index in [9.17, 15) is 103 Å². The fourth-order valence-corrected chi connectivity index (χ4v) is 12.3. The van der Waals surface area contributed by atoms with E-state index in [4.69, 9.17) is 51.5 Å². The molecule has 14 N–H and O–H groups in total. The molecule has 104 heavy (non-hydrogen) atoms. The molecule has 3 aliphatic rings. The maximum Gasteiger partial charge on any atom is 0.472 e. The summed E-state index contributed by atoms with van der Waals surface area (Å²) in [6.07, 6.45) is -12.1. The second-order valence-corrected chi connectivity index (χ2v) is 31.0. The molecule has 0 radical (unpaired) electrons. The van der Waals surface area contributed by atoms with Crippen LogP contribution in [0.5, 0.6) is 0 Å². The maximum atomic E-state index is 12.9. The molecule has 3 heterocycles. The second kappa shape index (κ2) is 51.7. The molecule has 0 aliphatic carbocycles. The molecular weight excluding hydrogens is 1450 g/mol. The Hall–Kier alpha value is -2.73. The number of carbonyl (C=O) groups is 6. The second-order valence-electron chi connectivity index (χ2n) is 26.3. The number of unbranched alkanes of at least 4 members (excludes halogenated alkanes) is 8. The average molecular weight is 1570 g/mol. The summed E-state index contributed by atoms with van der Waals surface area (Å²) in [5, 5.41) is 97.9. The van der Waals surface area contributed by atoms with Crippen LogP contribution in [-0.2, 0) is 107 Å². The van der Waals surface area contributed by atoms with Crippen molar-refractivity contribution >= 4 is 58.4 Å². The van der Waals surface area contributed by atoms with Gasteiger partial charge in [0, 0.05) is 124 Å². The number of Topliss-reactive ketones (excluding diaryl/α,β-unsaturated/α-hetero) is 4. The Morgan fingerprint density at radius 3 is 0.942 bits per heavy atom. The summed E-state index contributed by atoms with van der Waals surface area (Å²) in [6.45, 7) is 1.55. The molecule has 3 fully saturated rings. The lowest BCUT2D eigenvalue weighted by Gasteiger charge is -2.40. The van der Waals surface area contributed by atoms with Gasteiger partial charge in [-0.25, -0.2) is 13.7 Å². The van der Waals surface area contributed by atoms with Gasteiger partial charge in [0.1, 0.15) is 96.4 Å². The van der Waals surface area contributed by atoms with Crippen LogP contribution < -0.4 is 10.6 Å². The smallest absolute Gasteiger partial charge is 0.387 e. The predicted octanol–water partition coefficient (Wildman–Crippen LogP) is 1.44. The number of rotatable bonds is 61. The number of amides is 2. The molecule has 18 unspecified atom stereocenters. The molecule has 40 heteroatoms. The molecule has 37 nitrogen and oxygen atoms in total. The highest BCUT2D eigenvalue weighted by molar-refractivity contribution is 7.47. The van der Waals surface area contributed by atoms with E-state index in [-0.39, 0.29) is 120 Å². The van der Waals surface area contributed by atoms with Gasteiger partial charge in [-0.1, -0.05) is 26.2 Å². The van der Waals surface area contributed by atoms with Crippen molar-refractivity contribution in [2.45, 2.75) is 266 Å². The van der Waals surface area contributed by atoms with E-state index in [0.29, 0.717) is 142 Å². The quantitative estimate of drug-likeness (QED) is 0.0303. The Bertz CT molecular complexity index is 2350. The molecule has 3 saturated heterocycles. The number of carbonyl (C=O) groups excluding carboxylic acids is 6. The fraction of sp³-hybridized carbons (Fsp3) is 0.906. The Morgan fingerprint density at radius 2 is 0.635 bits per heavy atom. The minimum atomic E-state index is -4.42. The highest BCUT2D eigenvalue weighted by atomic mass is 31.2. The first-order chi connectivity index (χ1) is 49.3. The van der Waals surface area contributed by atoms with E-state index in [0.717, 1.165) is 21.3 Å². The number of nitrogens with one attached hydrogen (secondary N) is 2. The van der Waals surface area contributed by atoms with Crippen LogP contribution in [0.2, 0.25) is 0 Å². The molecule has 2 amide bonds. The summed E-state index contributed by atoms with van der Waals surface area (Å²) in [7, 11) is -10.4. The number of aliphatic hydroxyl groups is 9. The largest absolute Gasteiger partial charge is 0.472 e. The van der Waals surface area contributed by atoms with Crippen LogP contribution in [0.25, 0.3) is 0 Å². The van der Waals surface area contributed by atoms with Gasteiger partial charge in [0.15, 0.2) is 18.9 Å². The Labute approximate surface area is 607 Å². The standard InChI is InChI=1S/C64H117N2O35P3/c1-64(30-15-11-26-50(71)65-31-19-32-66-51(72)27-14-18-35-95-63-60(81)57(78)54(75)49(101-63)40-98-104(86,87)90-4,41-91-36-28-45(69)22-9-5-7-20-43(67)24-12-16-33-93-61-58(79)55(76)52(73)47(99-61)38-96-102(82,83)88-2)42-92-37-29-46(70)23-10-6-8-21-44(68)25-13-17-34-94-62-59(80)56(77)53(74)48(100-62)39-97-103(84,85)89-3/h47-49,52-63,73-81H,5-42H2,1-4H3,(H,65,71)(H,66,72)(H,82,83)(H,84,85)(H,86,87). The number of ether oxygens (including phenoxy) is 8. The van der Waals surface area contributed by atoms with Gasteiger partial charge in [-0.3, -0.25) is 55.9 Å². The van der Waals surface area contributed by atoms with E-state index in [1.165, 1.54) is 0 Å². The first kappa shape index (κ1) is 95.5. The molecule has 0 aromatic heterocycles. The Kier molecular flexibility index (Phi) is 47.4. The number of ketones is 4. The van der Waals surface area contributed by atoms with Gasteiger partial charge < -0.3 is 109 Å². The minimum absolute atomic E-state index is 0.000859. The Morgan fingerprint density at radius 1 is 0.356 bits per heavy atom. The van der Waals surface area contributed by atoms with E-state index in [1.807, 2.05) is 6.92 Å². The highest BCUT2D eigenvalue weighted by Crippen LogP contribution is 2.45. The van der Waals surface area contributed by atoms with Crippen molar-refractivity contribution < 1.29 is 168 Å².